The number of amides is 4. The topological polar surface area (TPSA) is 109 Å². The van der Waals surface area contributed by atoms with Gasteiger partial charge in [0.15, 0.2) is 0 Å². The monoisotopic (exact) mass is 466 g/mol. The van der Waals surface area contributed by atoms with E-state index in [0.717, 1.165) is 5.56 Å². The number of carbonyl (C=O) groups excluding carboxylic acids is 3. The highest BCUT2D eigenvalue weighted by Gasteiger charge is 2.39. The molecular formula is C25H30N4O5. The second kappa shape index (κ2) is 10.1. The maximum Gasteiger partial charge on any atom is 0.323 e. The number of hydrogen-bond acceptors (Lipinski definition) is 5. The Labute approximate surface area is 198 Å². The Bertz CT molecular complexity index is 1090. The van der Waals surface area contributed by atoms with Crippen LogP contribution in [0.3, 0.4) is 0 Å². The van der Waals surface area contributed by atoms with Crippen LogP contribution in [0.4, 0.5) is 16.2 Å². The number of nitrogens with zero attached hydrogens (tertiary/aromatic N) is 1. The maximum atomic E-state index is 13.3. The Kier molecular flexibility index (Phi) is 7.02. The molecule has 2 heterocycles. The Hall–Kier alpha value is -3.59. The second-order valence-electron chi connectivity index (χ2n) is 8.71. The SMILES string of the molecule is CNC(=O)C[C@@H]1CC[C@@H]2[C@H](COc3ccc(NC(=O)Nc4cccc(C)c4)cc3C(=O)N2C)O1. The third-order valence-electron chi connectivity index (χ3n) is 6.24. The maximum absolute atomic E-state index is 13.3. The molecule has 4 amide bonds. The largest absolute Gasteiger partial charge is 0.490 e. The summed E-state index contributed by atoms with van der Waals surface area (Å²) in [5, 5.41) is 8.19. The van der Waals surface area contributed by atoms with Crippen LogP contribution in [0, 0.1) is 6.92 Å². The summed E-state index contributed by atoms with van der Waals surface area (Å²) < 4.78 is 12.1. The number of hydrogen-bond donors (Lipinski definition) is 3. The van der Waals surface area contributed by atoms with Gasteiger partial charge in [0.1, 0.15) is 18.5 Å². The van der Waals surface area contributed by atoms with Gasteiger partial charge in [-0.25, -0.2) is 4.79 Å². The van der Waals surface area contributed by atoms with Crippen LogP contribution in [0.15, 0.2) is 42.5 Å². The minimum Gasteiger partial charge on any atom is -0.490 e. The molecule has 0 aromatic heterocycles. The molecule has 0 unspecified atom stereocenters. The molecule has 0 radical (unpaired) electrons. The Morgan fingerprint density at radius 1 is 1.09 bits per heavy atom. The van der Waals surface area contributed by atoms with E-state index in [1.807, 2.05) is 25.1 Å². The molecule has 2 aliphatic heterocycles. The summed E-state index contributed by atoms with van der Waals surface area (Å²) in [6, 6.07) is 11.9. The molecule has 1 fully saturated rings. The molecule has 3 N–H and O–H groups in total. The molecule has 9 nitrogen and oxygen atoms in total. The molecule has 0 bridgehead atoms. The third kappa shape index (κ3) is 5.31. The Morgan fingerprint density at radius 2 is 1.85 bits per heavy atom. The number of rotatable bonds is 4. The molecule has 3 atom stereocenters. The van der Waals surface area contributed by atoms with Gasteiger partial charge in [-0.05, 0) is 55.7 Å². The van der Waals surface area contributed by atoms with Crippen LogP contribution in [0.1, 0.15) is 35.2 Å². The summed E-state index contributed by atoms with van der Waals surface area (Å²) in [5.74, 6) is 0.147. The van der Waals surface area contributed by atoms with E-state index in [1.165, 1.54) is 0 Å². The van der Waals surface area contributed by atoms with Gasteiger partial charge >= 0.3 is 6.03 Å². The molecular weight excluding hydrogens is 436 g/mol. The average Bonchev–Trinajstić information content (AvgIpc) is 2.81. The highest BCUT2D eigenvalue weighted by Crippen LogP contribution is 2.32. The van der Waals surface area contributed by atoms with Gasteiger partial charge < -0.3 is 30.3 Å². The quantitative estimate of drug-likeness (QED) is 0.641. The number of benzene rings is 2. The summed E-state index contributed by atoms with van der Waals surface area (Å²) in [4.78, 5) is 39.2. The van der Waals surface area contributed by atoms with Crippen LogP contribution in [0.2, 0.25) is 0 Å². The number of likely N-dealkylation sites (N-methyl/N-ethyl adjacent to an activating group) is 1. The van der Waals surface area contributed by atoms with E-state index in [2.05, 4.69) is 16.0 Å². The van der Waals surface area contributed by atoms with Crippen LogP contribution in [-0.2, 0) is 9.53 Å². The molecule has 0 aliphatic carbocycles. The molecule has 9 heteroatoms. The molecule has 2 aliphatic rings. The van der Waals surface area contributed by atoms with Crippen molar-refractivity contribution in [2.45, 2.75) is 44.4 Å². The summed E-state index contributed by atoms with van der Waals surface area (Å²) in [5.41, 5.74) is 2.58. The lowest BCUT2D eigenvalue weighted by Crippen LogP contribution is -2.53. The number of nitrogens with one attached hydrogen (secondary N) is 3. The Balaban J connectivity index is 1.47. The zero-order valence-electron chi connectivity index (χ0n) is 19.6. The first-order chi connectivity index (χ1) is 16.3. The average molecular weight is 467 g/mol. The predicted octanol–water partition coefficient (Wildman–Crippen LogP) is 3.16. The van der Waals surface area contributed by atoms with Gasteiger partial charge in [0.2, 0.25) is 5.91 Å². The van der Waals surface area contributed by atoms with Gasteiger partial charge in [-0.3, -0.25) is 9.59 Å². The van der Waals surface area contributed by atoms with Crippen molar-refractivity contribution >= 4 is 29.2 Å². The minimum atomic E-state index is -0.402. The van der Waals surface area contributed by atoms with Gasteiger partial charge in [0, 0.05) is 25.5 Å². The van der Waals surface area contributed by atoms with Crippen molar-refractivity contribution in [3.8, 4) is 5.75 Å². The first-order valence-corrected chi connectivity index (χ1v) is 11.4. The standard InChI is InChI=1S/C25H30N4O5/c1-15-5-4-6-16(11-15)27-25(32)28-17-7-10-21-19(12-17)24(31)29(3)20-9-8-18(13-23(30)26-2)34-22(20)14-33-21/h4-7,10-12,18,20,22H,8-9,13-14H2,1-3H3,(H,26,30)(H2,27,28,32)/t18-,20+,22-/m0/s1. The molecule has 4 rings (SSSR count). The highest BCUT2D eigenvalue weighted by atomic mass is 16.5. The molecule has 2 aromatic rings. The molecule has 1 saturated heterocycles. The fraction of sp³-hybridized carbons (Fsp3) is 0.400. The van der Waals surface area contributed by atoms with Crippen molar-refractivity contribution in [3.63, 3.8) is 0 Å². The number of anilines is 2. The first kappa shape index (κ1) is 23.6. The summed E-state index contributed by atoms with van der Waals surface area (Å²) in [6.45, 7) is 2.21. The summed E-state index contributed by atoms with van der Waals surface area (Å²) >= 11 is 0. The number of fused-ring (bicyclic) bond motifs is 2. The normalized spacial score (nSPS) is 21.8. The smallest absolute Gasteiger partial charge is 0.323 e. The van der Waals surface area contributed by atoms with Gasteiger partial charge in [-0.15, -0.1) is 0 Å². The van der Waals surface area contributed by atoms with E-state index in [1.54, 1.807) is 43.3 Å². The number of carbonyl (C=O) groups is 3. The van der Waals surface area contributed by atoms with E-state index in [4.69, 9.17) is 9.47 Å². The Morgan fingerprint density at radius 3 is 2.59 bits per heavy atom. The van der Waals surface area contributed by atoms with Gasteiger partial charge in [0.05, 0.1) is 24.1 Å². The van der Waals surface area contributed by atoms with Crippen LogP contribution in [-0.4, -0.2) is 61.7 Å². The molecule has 0 saturated carbocycles. The van der Waals surface area contributed by atoms with E-state index in [9.17, 15) is 14.4 Å². The van der Waals surface area contributed by atoms with Crippen molar-refractivity contribution < 1.29 is 23.9 Å². The predicted molar refractivity (Wildman–Crippen MR) is 128 cm³/mol. The zero-order valence-corrected chi connectivity index (χ0v) is 19.6. The van der Waals surface area contributed by atoms with Gasteiger partial charge in [-0.2, -0.15) is 0 Å². The van der Waals surface area contributed by atoms with E-state index >= 15 is 0 Å². The van der Waals surface area contributed by atoms with Crippen LogP contribution in [0.5, 0.6) is 5.75 Å². The van der Waals surface area contributed by atoms with Crippen molar-refractivity contribution in [1.29, 1.82) is 0 Å². The number of aryl methyl sites for hydroxylation is 1. The number of ether oxygens (including phenoxy) is 2. The third-order valence-corrected chi connectivity index (χ3v) is 6.24. The number of urea groups is 1. The fourth-order valence-corrected chi connectivity index (χ4v) is 4.43. The van der Waals surface area contributed by atoms with Crippen LogP contribution in [0.25, 0.3) is 0 Å². The molecule has 34 heavy (non-hydrogen) atoms. The highest BCUT2D eigenvalue weighted by molar-refractivity contribution is 6.02. The summed E-state index contributed by atoms with van der Waals surface area (Å²) in [6.07, 6.45) is 1.14. The second-order valence-corrected chi connectivity index (χ2v) is 8.71. The van der Waals surface area contributed by atoms with E-state index in [0.29, 0.717) is 35.5 Å². The lowest BCUT2D eigenvalue weighted by molar-refractivity contribution is -0.133. The van der Waals surface area contributed by atoms with E-state index < -0.39 is 6.03 Å². The van der Waals surface area contributed by atoms with Crippen molar-refractivity contribution in [2.75, 3.05) is 31.3 Å². The van der Waals surface area contributed by atoms with E-state index in [-0.39, 0.29) is 43.1 Å². The minimum absolute atomic E-state index is 0.0727. The van der Waals surface area contributed by atoms with Gasteiger partial charge in [-0.1, -0.05) is 12.1 Å². The lowest BCUT2D eigenvalue weighted by Gasteiger charge is -2.42. The summed E-state index contributed by atoms with van der Waals surface area (Å²) in [7, 11) is 3.35. The van der Waals surface area contributed by atoms with Crippen molar-refractivity contribution in [1.82, 2.24) is 10.2 Å². The fourth-order valence-electron chi connectivity index (χ4n) is 4.43. The molecule has 0 spiro atoms. The van der Waals surface area contributed by atoms with Crippen molar-refractivity contribution in [2.24, 2.45) is 0 Å². The van der Waals surface area contributed by atoms with Gasteiger partial charge in [0.25, 0.3) is 5.91 Å². The zero-order chi connectivity index (χ0) is 24.2. The molecule has 180 valence electrons. The van der Waals surface area contributed by atoms with Crippen LogP contribution >= 0.6 is 0 Å². The molecule has 2 aromatic carbocycles. The first-order valence-electron chi connectivity index (χ1n) is 11.4. The lowest BCUT2D eigenvalue weighted by atomic mass is 9.94. The van der Waals surface area contributed by atoms with Crippen molar-refractivity contribution in [3.05, 3.63) is 53.6 Å². The van der Waals surface area contributed by atoms with Crippen LogP contribution < -0.4 is 20.7 Å².